The molecule has 2 aliphatic heterocycles. The van der Waals surface area contributed by atoms with Gasteiger partial charge in [-0.2, -0.15) is 0 Å². The van der Waals surface area contributed by atoms with E-state index in [-0.39, 0.29) is 17.9 Å². The first-order valence-electron chi connectivity index (χ1n) is 9.03. The molecule has 5 nitrogen and oxygen atoms in total. The van der Waals surface area contributed by atoms with E-state index in [1.54, 1.807) is 17.0 Å². The third-order valence-corrected chi connectivity index (χ3v) is 5.10. The highest BCUT2D eigenvalue weighted by molar-refractivity contribution is 5.69. The highest BCUT2D eigenvalue weighted by atomic mass is 19.4. The quantitative estimate of drug-likeness (QED) is 0.761. The van der Waals surface area contributed by atoms with Crippen LogP contribution in [-0.4, -0.2) is 48.6 Å². The average molecular weight is 386 g/mol. The van der Waals surface area contributed by atoms with Crippen molar-refractivity contribution < 1.29 is 27.4 Å². The molecule has 0 saturated carbocycles. The number of benzene rings is 1. The Balaban J connectivity index is 1.61. The number of amides is 1. The smallest absolute Gasteiger partial charge is 0.444 e. The summed E-state index contributed by atoms with van der Waals surface area (Å²) >= 11 is 0. The maximum atomic E-state index is 12.4. The van der Waals surface area contributed by atoms with Crippen molar-refractivity contribution in [3.05, 3.63) is 24.3 Å². The van der Waals surface area contributed by atoms with Crippen molar-refractivity contribution in [1.82, 2.24) is 4.90 Å². The lowest BCUT2D eigenvalue weighted by molar-refractivity contribution is -0.274. The number of likely N-dealkylation sites (tertiary alicyclic amines) is 1. The summed E-state index contributed by atoms with van der Waals surface area (Å²) in [4.78, 5) is 16.3. The second-order valence-electron chi connectivity index (χ2n) is 8.24. The molecule has 0 radical (unpaired) electrons. The van der Waals surface area contributed by atoms with Gasteiger partial charge in [0.15, 0.2) is 0 Å². The predicted octanol–water partition coefficient (Wildman–Crippen LogP) is 4.28. The molecule has 2 aliphatic rings. The molecule has 0 spiro atoms. The third kappa shape index (κ3) is 4.59. The number of fused-ring (bicyclic) bond motifs is 1. The Kier molecular flexibility index (Phi) is 4.94. The Bertz CT molecular complexity index is 685. The van der Waals surface area contributed by atoms with Crippen LogP contribution in [0.1, 0.15) is 27.7 Å². The fourth-order valence-corrected chi connectivity index (χ4v) is 3.92. The van der Waals surface area contributed by atoms with Gasteiger partial charge in [-0.3, -0.25) is 0 Å². The van der Waals surface area contributed by atoms with Gasteiger partial charge in [0.1, 0.15) is 11.4 Å². The summed E-state index contributed by atoms with van der Waals surface area (Å²) in [5.74, 6) is 0.400. The van der Waals surface area contributed by atoms with E-state index in [9.17, 15) is 18.0 Å². The second-order valence-corrected chi connectivity index (χ2v) is 8.24. The molecule has 1 aromatic rings. The first-order valence-corrected chi connectivity index (χ1v) is 9.03. The van der Waals surface area contributed by atoms with Crippen LogP contribution in [0.2, 0.25) is 0 Å². The molecule has 0 aromatic heterocycles. The molecule has 2 saturated heterocycles. The van der Waals surface area contributed by atoms with E-state index < -0.39 is 12.0 Å². The van der Waals surface area contributed by atoms with Gasteiger partial charge >= 0.3 is 12.5 Å². The van der Waals surface area contributed by atoms with E-state index in [0.717, 1.165) is 18.8 Å². The third-order valence-electron chi connectivity index (χ3n) is 5.10. The molecule has 150 valence electrons. The second kappa shape index (κ2) is 6.80. The SMILES string of the molecule is C[C@@H]1[C@H]2CN(c3ccc(OC(F)(F)F)cc3)C[C@H]2CN1C(=O)OC(C)(C)C. The number of ether oxygens (including phenoxy) is 2. The van der Waals surface area contributed by atoms with Gasteiger partial charge < -0.3 is 19.3 Å². The summed E-state index contributed by atoms with van der Waals surface area (Å²) in [6.07, 6.45) is -4.98. The van der Waals surface area contributed by atoms with Gasteiger partial charge in [0.2, 0.25) is 0 Å². The fourth-order valence-electron chi connectivity index (χ4n) is 3.92. The zero-order chi connectivity index (χ0) is 20.0. The lowest BCUT2D eigenvalue weighted by Gasteiger charge is -2.30. The standard InChI is InChI=1S/C19H25F3N2O3/c1-12-16-11-23(14-5-7-15(8-6-14)26-19(20,21)22)9-13(16)10-24(12)17(25)27-18(2,3)4/h5-8,12-13,16H,9-11H2,1-4H3/t12-,13+,16-/m1/s1. The zero-order valence-electron chi connectivity index (χ0n) is 15.9. The highest BCUT2D eigenvalue weighted by Crippen LogP contribution is 2.39. The van der Waals surface area contributed by atoms with E-state index in [0.29, 0.717) is 18.4 Å². The van der Waals surface area contributed by atoms with Crippen LogP contribution in [0, 0.1) is 11.8 Å². The Hall–Kier alpha value is -2.12. The molecule has 2 heterocycles. The number of carbonyl (C=O) groups is 1. The van der Waals surface area contributed by atoms with Gasteiger partial charge in [-0.05, 0) is 52.0 Å². The van der Waals surface area contributed by atoms with Crippen LogP contribution >= 0.6 is 0 Å². The molecular formula is C19H25F3N2O3. The maximum Gasteiger partial charge on any atom is 0.573 e. The maximum absolute atomic E-state index is 12.4. The Morgan fingerprint density at radius 1 is 1.07 bits per heavy atom. The van der Waals surface area contributed by atoms with Gasteiger partial charge in [-0.1, -0.05) is 0 Å². The molecule has 0 bridgehead atoms. The highest BCUT2D eigenvalue weighted by Gasteiger charge is 2.47. The van der Waals surface area contributed by atoms with Crippen molar-refractivity contribution in [2.24, 2.45) is 11.8 Å². The molecule has 0 N–H and O–H groups in total. The zero-order valence-corrected chi connectivity index (χ0v) is 15.9. The monoisotopic (exact) mass is 386 g/mol. The van der Waals surface area contributed by atoms with Crippen molar-refractivity contribution >= 4 is 11.8 Å². The summed E-state index contributed by atoms with van der Waals surface area (Å²) in [6.45, 7) is 9.71. The minimum atomic E-state index is -4.69. The van der Waals surface area contributed by atoms with Gasteiger partial charge in [-0.15, -0.1) is 13.2 Å². The molecule has 3 atom stereocenters. The Labute approximate surface area is 157 Å². The van der Waals surface area contributed by atoms with Crippen LogP contribution in [0.3, 0.4) is 0 Å². The number of rotatable bonds is 2. The van der Waals surface area contributed by atoms with Crippen LogP contribution in [0.25, 0.3) is 0 Å². The number of nitrogens with zero attached hydrogens (tertiary/aromatic N) is 2. The van der Waals surface area contributed by atoms with Crippen LogP contribution in [0.5, 0.6) is 5.75 Å². The Morgan fingerprint density at radius 3 is 2.22 bits per heavy atom. The van der Waals surface area contributed by atoms with Gasteiger partial charge in [0.05, 0.1) is 0 Å². The lowest BCUT2D eigenvalue weighted by atomic mass is 9.95. The average Bonchev–Trinajstić information content (AvgIpc) is 3.05. The van der Waals surface area contributed by atoms with Gasteiger partial charge in [0, 0.05) is 43.2 Å². The number of carbonyl (C=O) groups excluding carboxylic acids is 1. The van der Waals surface area contributed by atoms with E-state index in [2.05, 4.69) is 9.64 Å². The molecule has 27 heavy (non-hydrogen) atoms. The molecule has 8 heteroatoms. The summed E-state index contributed by atoms with van der Waals surface area (Å²) in [5.41, 5.74) is 0.329. The lowest BCUT2D eigenvalue weighted by Crippen LogP contribution is -2.42. The van der Waals surface area contributed by atoms with E-state index >= 15 is 0 Å². The molecule has 0 aliphatic carbocycles. The first-order chi connectivity index (χ1) is 12.4. The number of hydrogen-bond donors (Lipinski definition) is 0. The minimum absolute atomic E-state index is 0.0580. The molecule has 1 aromatic carbocycles. The first kappa shape index (κ1) is 19.6. The Morgan fingerprint density at radius 2 is 1.70 bits per heavy atom. The van der Waals surface area contributed by atoms with Crippen molar-refractivity contribution in [2.45, 2.75) is 45.7 Å². The number of alkyl halides is 3. The van der Waals surface area contributed by atoms with Crippen LogP contribution in [0.4, 0.5) is 23.7 Å². The van der Waals surface area contributed by atoms with E-state index in [4.69, 9.17) is 4.74 Å². The van der Waals surface area contributed by atoms with Crippen molar-refractivity contribution in [1.29, 1.82) is 0 Å². The number of halogens is 3. The van der Waals surface area contributed by atoms with E-state index in [1.165, 1.54) is 12.1 Å². The summed E-state index contributed by atoms with van der Waals surface area (Å²) in [7, 11) is 0. The summed E-state index contributed by atoms with van der Waals surface area (Å²) in [6, 6.07) is 5.99. The number of anilines is 1. The molecular weight excluding hydrogens is 361 g/mol. The van der Waals surface area contributed by atoms with Crippen molar-refractivity contribution in [3.63, 3.8) is 0 Å². The minimum Gasteiger partial charge on any atom is -0.444 e. The van der Waals surface area contributed by atoms with E-state index in [1.807, 2.05) is 27.7 Å². The number of hydrogen-bond acceptors (Lipinski definition) is 4. The molecule has 2 fully saturated rings. The fraction of sp³-hybridized carbons (Fsp3) is 0.632. The molecule has 1 amide bonds. The van der Waals surface area contributed by atoms with Gasteiger partial charge in [0.25, 0.3) is 0 Å². The van der Waals surface area contributed by atoms with Gasteiger partial charge in [-0.25, -0.2) is 4.79 Å². The molecule has 3 rings (SSSR count). The van der Waals surface area contributed by atoms with Crippen LogP contribution in [0.15, 0.2) is 24.3 Å². The predicted molar refractivity (Wildman–Crippen MR) is 94.7 cm³/mol. The largest absolute Gasteiger partial charge is 0.573 e. The summed E-state index contributed by atoms with van der Waals surface area (Å²) < 4.78 is 46.2. The normalized spacial score (nSPS) is 25.5. The summed E-state index contributed by atoms with van der Waals surface area (Å²) in [5, 5.41) is 0. The van der Waals surface area contributed by atoms with Crippen molar-refractivity contribution in [3.8, 4) is 5.75 Å². The van der Waals surface area contributed by atoms with Crippen LogP contribution in [-0.2, 0) is 4.74 Å². The molecule has 0 unspecified atom stereocenters. The van der Waals surface area contributed by atoms with Crippen molar-refractivity contribution in [2.75, 3.05) is 24.5 Å². The topological polar surface area (TPSA) is 42.0 Å². The van der Waals surface area contributed by atoms with Crippen LogP contribution < -0.4 is 9.64 Å².